The van der Waals surface area contributed by atoms with E-state index in [1.54, 1.807) is 24.3 Å². The molecule has 0 radical (unpaired) electrons. The van der Waals surface area contributed by atoms with Gasteiger partial charge in [-0.05, 0) is 56.2 Å². The van der Waals surface area contributed by atoms with Gasteiger partial charge in [-0.25, -0.2) is 8.42 Å². The van der Waals surface area contributed by atoms with Gasteiger partial charge in [0.2, 0.25) is 10.0 Å². The SMILES string of the molecule is CC(=O)c1ccc(NC(=O)c2cc(S(=O)(=O)N3CCCCC3)c(Cl)cc2Cl)cc1. The Bertz CT molecular complexity index is 1050. The van der Waals surface area contributed by atoms with Crippen LogP contribution in [-0.4, -0.2) is 37.5 Å². The van der Waals surface area contributed by atoms with E-state index in [9.17, 15) is 18.0 Å². The van der Waals surface area contributed by atoms with E-state index in [0.29, 0.717) is 24.3 Å². The molecule has 1 heterocycles. The van der Waals surface area contributed by atoms with Crippen molar-refractivity contribution in [1.82, 2.24) is 4.31 Å². The average Bonchev–Trinajstić information content (AvgIpc) is 2.68. The van der Waals surface area contributed by atoms with Crippen LogP contribution in [0, 0.1) is 0 Å². The van der Waals surface area contributed by atoms with E-state index in [4.69, 9.17) is 23.2 Å². The number of hydrogen-bond acceptors (Lipinski definition) is 4. The second kappa shape index (κ2) is 8.83. The van der Waals surface area contributed by atoms with Gasteiger partial charge in [-0.1, -0.05) is 29.6 Å². The fourth-order valence-electron chi connectivity index (χ4n) is 3.13. The maximum atomic E-state index is 13.0. The van der Waals surface area contributed by atoms with Crippen molar-refractivity contribution in [1.29, 1.82) is 0 Å². The molecular formula is C20H20Cl2N2O4S. The lowest BCUT2D eigenvalue weighted by atomic mass is 10.1. The summed E-state index contributed by atoms with van der Waals surface area (Å²) in [5, 5.41) is 2.68. The zero-order valence-corrected chi connectivity index (χ0v) is 18.1. The summed E-state index contributed by atoms with van der Waals surface area (Å²) in [6.07, 6.45) is 2.55. The van der Waals surface area contributed by atoms with Crippen LogP contribution in [0.4, 0.5) is 5.69 Å². The normalized spacial score (nSPS) is 15.1. The van der Waals surface area contributed by atoms with Gasteiger partial charge in [0.25, 0.3) is 5.91 Å². The van der Waals surface area contributed by atoms with Crippen LogP contribution in [0.3, 0.4) is 0 Å². The first kappa shape index (κ1) is 21.8. The number of benzene rings is 2. The van der Waals surface area contributed by atoms with E-state index >= 15 is 0 Å². The number of piperidine rings is 1. The van der Waals surface area contributed by atoms with Crippen LogP contribution in [0.15, 0.2) is 41.3 Å². The summed E-state index contributed by atoms with van der Waals surface area (Å²) in [5.41, 5.74) is 0.969. The lowest BCUT2D eigenvalue weighted by Gasteiger charge is -2.26. The molecule has 0 saturated carbocycles. The van der Waals surface area contributed by atoms with Gasteiger partial charge >= 0.3 is 0 Å². The van der Waals surface area contributed by atoms with Gasteiger partial charge < -0.3 is 5.32 Å². The third-order valence-corrected chi connectivity index (χ3v) is 7.42. The lowest BCUT2D eigenvalue weighted by molar-refractivity contribution is 0.101. The molecular weight excluding hydrogens is 435 g/mol. The number of rotatable bonds is 5. The Hall–Kier alpha value is -1.93. The number of ketones is 1. The highest BCUT2D eigenvalue weighted by Gasteiger charge is 2.29. The number of sulfonamides is 1. The number of hydrogen-bond donors (Lipinski definition) is 1. The second-order valence-corrected chi connectivity index (χ2v) is 9.54. The minimum atomic E-state index is -3.83. The molecule has 1 amide bonds. The number of anilines is 1. The van der Waals surface area contributed by atoms with Crippen LogP contribution in [0.2, 0.25) is 10.0 Å². The van der Waals surface area contributed by atoms with Crippen molar-refractivity contribution >= 4 is 50.6 Å². The number of carbonyl (C=O) groups excluding carboxylic acids is 2. The van der Waals surface area contributed by atoms with E-state index in [-0.39, 0.29) is 26.3 Å². The lowest BCUT2D eigenvalue weighted by Crippen LogP contribution is -2.35. The van der Waals surface area contributed by atoms with E-state index in [2.05, 4.69) is 5.32 Å². The minimum Gasteiger partial charge on any atom is -0.322 e. The summed E-state index contributed by atoms with van der Waals surface area (Å²) in [4.78, 5) is 23.9. The predicted molar refractivity (Wildman–Crippen MR) is 113 cm³/mol. The van der Waals surface area contributed by atoms with Crippen molar-refractivity contribution in [2.24, 2.45) is 0 Å². The Morgan fingerprint density at radius 2 is 1.59 bits per heavy atom. The van der Waals surface area contributed by atoms with Gasteiger partial charge in [0.1, 0.15) is 4.90 Å². The molecule has 6 nitrogen and oxygen atoms in total. The number of halogens is 2. The standard InChI is InChI=1S/C20H20Cl2N2O4S/c1-13(25)14-5-7-15(8-6-14)23-20(26)16-11-19(18(22)12-17(16)21)29(27,28)24-9-3-2-4-10-24/h5-8,11-12H,2-4,9-10H2,1H3,(H,23,26). The first-order chi connectivity index (χ1) is 13.7. The number of Topliss-reactive ketones (excluding diaryl/α,β-unsaturated/α-hetero) is 1. The molecule has 0 atom stereocenters. The van der Waals surface area contributed by atoms with Crippen LogP contribution < -0.4 is 5.32 Å². The van der Waals surface area contributed by atoms with Gasteiger partial charge in [0, 0.05) is 24.3 Å². The van der Waals surface area contributed by atoms with Gasteiger partial charge in [-0.15, -0.1) is 0 Å². The third-order valence-electron chi connectivity index (χ3n) is 4.75. The molecule has 0 aromatic heterocycles. The number of nitrogens with one attached hydrogen (secondary N) is 1. The highest BCUT2D eigenvalue weighted by Crippen LogP contribution is 2.32. The monoisotopic (exact) mass is 454 g/mol. The molecule has 0 bridgehead atoms. The zero-order chi connectivity index (χ0) is 21.2. The number of nitrogens with zero attached hydrogens (tertiary/aromatic N) is 1. The number of amides is 1. The van der Waals surface area contributed by atoms with Crippen molar-refractivity contribution in [3.63, 3.8) is 0 Å². The predicted octanol–water partition coefficient (Wildman–Crippen LogP) is 4.62. The molecule has 1 fully saturated rings. The van der Waals surface area contributed by atoms with Gasteiger partial charge in [-0.3, -0.25) is 9.59 Å². The van der Waals surface area contributed by atoms with Crippen molar-refractivity contribution in [3.8, 4) is 0 Å². The number of carbonyl (C=O) groups is 2. The largest absolute Gasteiger partial charge is 0.322 e. The summed E-state index contributed by atoms with van der Waals surface area (Å²) < 4.78 is 27.4. The van der Waals surface area contributed by atoms with Crippen molar-refractivity contribution in [2.45, 2.75) is 31.1 Å². The molecule has 1 saturated heterocycles. The molecule has 9 heteroatoms. The van der Waals surface area contributed by atoms with Gasteiger partial charge in [0.05, 0.1) is 15.6 Å². The molecule has 1 aliphatic heterocycles. The Labute approximate surface area is 179 Å². The maximum Gasteiger partial charge on any atom is 0.257 e. The second-order valence-electron chi connectivity index (χ2n) is 6.81. The summed E-state index contributed by atoms with van der Waals surface area (Å²) >= 11 is 12.3. The van der Waals surface area contributed by atoms with Crippen LogP contribution in [0.5, 0.6) is 0 Å². The smallest absolute Gasteiger partial charge is 0.257 e. The topological polar surface area (TPSA) is 83.5 Å². The minimum absolute atomic E-state index is 0.00213. The van der Waals surface area contributed by atoms with Crippen LogP contribution in [0.25, 0.3) is 0 Å². The van der Waals surface area contributed by atoms with E-state index in [0.717, 1.165) is 19.3 Å². The Kier molecular flexibility index (Phi) is 6.63. The van der Waals surface area contributed by atoms with Crippen molar-refractivity contribution < 1.29 is 18.0 Å². The van der Waals surface area contributed by atoms with Crippen LogP contribution >= 0.6 is 23.2 Å². The van der Waals surface area contributed by atoms with Crippen LogP contribution in [-0.2, 0) is 10.0 Å². The quantitative estimate of drug-likeness (QED) is 0.667. The molecule has 3 rings (SSSR count). The van der Waals surface area contributed by atoms with Gasteiger partial charge in [0.15, 0.2) is 5.78 Å². The van der Waals surface area contributed by atoms with Gasteiger partial charge in [-0.2, -0.15) is 4.31 Å². The summed E-state index contributed by atoms with van der Waals surface area (Å²) in [6.45, 7) is 2.29. The zero-order valence-electron chi connectivity index (χ0n) is 15.7. The summed E-state index contributed by atoms with van der Waals surface area (Å²) in [5.74, 6) is -0.659. The Morgan fingerprint density at radius 1 is 0.966 bits per heavy atom. The first-order valence-corrected chi connectivity index (χ1v) is 11.3. The molecule has 1 aliphatic rings. The maximum absolute atomic E-state index is 13.0. The average molecular weight is 455 g/mol. The fourth-order valence-corrected chi connectivity index (χ4v) is 5.48. The molecule has 154 valence electrons. The van der Waals surface area contributed by atoms with E-state index in [1.807, 2.05) is 0 Å². The van der Waals surface area contributed by atoms with Crippen LogP contribution in [0.1, 0.15) is 46.9 Å². The van der Waals surface area contributed by atoms with E-state index < -0.39 is 15.9 Å². The molecule has 1 N–H and O–H groups in total. The molecule has 2 aromatic rings. The third kappa shape index (κ3) is 4.80. The molecule has 29 heavy (non-hydrogen) atoms. The molecule has 2 aromatic carbocycles. The highest BCUT2D eigenvalue weighted by molar-refractivity contribution is 7.89. The summed E-state index contributed by atoms with van der Waals surface area (Å²) in [6, 6.07) is 8.84. The van der Waals surface area contributed by atoms with E-state index in [1.165, 1.54) is 23.4 Å². The Balaban J connectivity index is 1.90. The van der Waals surface area contributed by atoms with Crippen molar-refractivity contribution in [3.05, 3.63) is 57.6 Å². The molecule has 0 unspecified atom stereocenters. The fraction of sp³-hybridized carbons (Fsp3) is 0.300. The Morgan fingerprint density at radius 3 is 2.17 bits per heavy atom. The molecule has 0 aliphatic carbocycles. The summed E-state index contributed by atoms with van der Waals surface area (Å²) in [7, 11) is -3.83. The highest BCUT2D eigenvalue weighted by atomic mass is 35.5. The molecule has 0 spiro atoms. The first-order valence-electron chi connectivity index (χ1n) is 9.11. The van der Waals surface area contributed by atoms with Crippen molar-refractivity contribution in [2.75, 3.05) is 18.4 Å².